The molecule has 2 aliphatic heterocycles. The van der Waals surface area contributed by atoms with Gasteiger partial charge in [0.2, 0.25) is 0 Å². The number of anilines is 2. The van der Waals surface area contributed by atoms with Crippen LogP contribution in [0.15, 0.2) is 18.2 Å². The molecule has 2 fully saturated rings. The second-order valence-corrected chi connectivity index (χ2v) is 5.46. The summed E-state index contributed by atoms with van der Waals surface area (Å²) in [5.74, 6) is -0.472. The maximum atomic E-state index is 11.6. The summed E-state index contributed by atoms with van der Waals surface area (Å²) in [7, 11) is 0. The Morgan fingerprint density at radius 3 is 2.80 bits per heavy atom. The number of piperidine rings is 1. The number of benzene rings is 1. The van der Waals surface area contributed by atoms with Crippen LogP contribution >= 0.6 is 0 Å². The van der Waals surface area contributed by atoms with Crippen LogP contribution in [0.25, 0.3) is 0 Å². The Morgan fingerprint density at radius 2 is 2.10 bits per heavy atom. The summed E-state index contributed by atoms with van der Waals surface area (Å²) < 4.78 is 11.6. The van der Waals surface area contributed by atoms with E-state index in [4.69, 9.17) is 15.2 Å². The molecule has 5 nitrogen and oxygen atoms in total. The maximum Gasteiger partial charge on any atom is 0.186 e. The number of Topliss-reactive ketones (excluding diaryl/α,β-unsaturated/α-hetero) is 1. The molecule has 2 N–H and O–H groups in total. The van der Waals surface area contributed by atoms with Gasteiger partial charge in [-0.15, -0.1) is 0 Å². The van der Waals surface area contributed by atoms with Crippen LogP contribution in [0.3, 0.4) is 0 Å². The SMILES string of the molecule is CC(=O)c1cc(N2CCCC3(C2)OCCO3)ccc1N. The number of nitrogen functional groups attached to an aromatic ring is 1. The molecule has 0 aromatic heterocycles. The largest absolute Gasteiger partial charge is 0.398 e. The minimum Gasteiger partial charge on any atom is -0.398 e. The standard InChI is InChI=1S/C15H20N2O3/c1-11(18)13-9-12(3-4-14(13)16)17-6-2-5-15(10-17)19-7-8-20-15/h3-4,9H,2,5-8,10,16H2,1H3. The second kappa shape index (κ2) is 5.07. The quantitative estimate of drug-likeness (QED) is 0.659. The van der Waals surface area contributed by atoms with Crippen molar-refractivity contribution < 1.29 is 14.3 Å². The van der Waals surface area contributed by atoms with Gasteiger partial charge in [-0.2, -0.15) is 0 Å². The molecule has 0 aliphatic carbocycles. The number of ketones is 1. The van der Waals surface area contributed by atoms with Crippen LogP contribution < -0.4 is 10.6 Å². The van der Waals surface area contributed by atoms with Crippen LogP contribution in [0.1, 0.15) is 30.1 Å². The van der Waals surface area contributed by atoms with Crippen LogP contribution in [-0.2, 0) is 9.47 Å². The molecule has 2 heterocycles. The van der Waals surface area contributed by atoms with E-state index in [0.29, 0.717) is 31.0 Å². The molecule has 0 bridgehead atoms. The van der Waals surface area contributed by atoms with Crippen LogP contribution in [-0.4, -0.2) is 37.9 Å². The number of ether oxygens (including phenoxy) is 2. The topological polar surface area (TPSA) is 64.8 Å². The highest BCUT2D eigenvalue weighted by Gasteiger charge is 2.40. The molecule has 1 spiro atoms. The van der Waals surface area contributed by atoms with Crippen molar-refractivity contribution in [3.63, 3.8) is 0 Å². The highest BCUT2D eigenvalue weighted by atomic mass is 16.7. The minimum absolute atomic E-state index is 0.00978. The van der Waals surface area contributed by atoms with Gasteiger partial charge in [0.1, 0.15) is 0 Å². The first-order valence-corrected chi connectivity index (χ1v) is 7.03. The second-order valence-electron chi connectivity index (χ2n) is 5.46. The van der Waals surface area contributed by atoms with Gasteiger partial charge >= 0.3 is 0 Å². The minimum atomic E-state index is -0.462. The van der Waals surface area contributed by atoms with Gasteiger partial charge in [0.25, 0.3) is 0 Å². The third kappa shape index (κ3) is 2.39. The zero-order valence-electron chi connectivity index (χ0n) is 11.7. The smallest absolute Gasteiger partial charge is 0.186 e. The first-order chi connectivity index (χ1) is 9.60. The lowest BCUT2D eigenvalue weighted by Gasteiger charge is -2.40. The third-order valence-corrected chi connectivity index (χ3v) is 4.01. The molecular weight excluding hydrogens is 256 g/mol. The summed E-state index contributed by atoms with van der Waals surface area (Å²) in [5.41, 5.74) is 7.96. The molecule has 5 heteroatoms. The molecule has 1 aromatic carbocycles. The first kappa shape index (κ1) is 13.4. The molecule has 0 radical (unpaired) electrons. The normalized spacial score (nSPS) is 21.4. The molecule has 2 saturated heterocycles. The molecule has 0 amide bonds. The molecule has 2 aliphatic rings. The van der Waals surface area contributed by atoms with Crippen LogP contribution in [0.5, 0.6) is 0 Å². The van der Waals surface area contributed by atoms with E-state index in [1.165, 1.54) is 6.92 Å². The van der Waals surface area contributed by atoms with Gasteiger partial charge in [0, 0.05) is 29.9 Å². The Labute approximate surface area is 118 Å². The predicted octanol–water partition coefficient (Wildman–Crippen LogP) is 1.81. The lowest BCUT2D eigenvalue weighted by Crippen LogP contribution is -2.49. The van der Waals surface area contributed by atoms with Crippen molar-refractivity contribution in [3.05, 3.63) is 23.8 Å². The van der Waals surface area contributed by atoms with E-state index < -0.39 is 5.79 Å². The number of hydrogen-bond donors (Lipinski definition) is 1. The van der Waals surface area contributed by atoms with Crippen LogP contribution in [0.4, 0.5) is 11.4 Å². The summed E-state index contributed by atoms with van der Waals surface area (Å²) in [4.78, 5) is 13.8. The third-order valence-electron chi connectivity index (χ3n) is 4.01. The average molecular weight is 276 g/mol. The van der Waals surface area contributed by atoms with E-state index in [-0.39, 0.29) is 5.78 Å². The van der Waals surface area contributed by atoms with Gasteiger partial charge in [-0.05, 0) is 31.5 Å². The van der Waals surface area contributed by atoms with Crippen LogP contribution in [0, 0.1) is 0 Å². The zero-order chi connectivity index (χ0) is 14.2. The fraction of sp³-hybridized carbons (Fsp3) is 0.533. The van der Waals surface area contributed by atoms with Crippen molar-refractivity contribution >= 4 is 17.2 Å². The maximum absolute atomic E-state index is 11.6. The van der Waals surface area contributed by atoms with Gasteiger partial charge in [0.05, 0.1) is 19.8 Å². The van der Waals surface area contributed by atoms with Crippen molar-refractivity contribution in [1.29, 1.82) is 0 Å². The lowest BCUT2D eigenvalue weighted by molar-refractivity contribution is -0.161. The molecule has 108 valence electrons. The van der Waals surface area contributed by atoms with Gasteiger partial charge < -0.3 is 20.1 Å². The molecule has 0 atom stereocenters. The monoisotopic (exact) mass is 276 g/mol. The lowest BCUT2D eigenvalue weighted by atomic mass is 10.0. The van der Waals surface area contributed by atoms with Gasteiger partial charge in [-0.3, -0.25) is 4.79 Å². The Kier molecular flexibility index (Phi) is 3.40. The number of nitrogens with zero attached hydrogens (tertiary/aromatic N) is 1. The van der Waals surface area contributed by atoms with Gasteiger partial charge in [-0.1, -0.05) is 0 Å². The molecule has 3 rings (SSSR count). The summed E-state index contributed by atoms with van der Waals surface area (Å²) in [5, 5.41) is 0. The van der Waals surface area contributed by atoms with Crippen molar-refractivity contribution in [1.82, 2.24) is 0 Å². The van der Waals surface area contributed by atoms with Crippen molar-refractivity contribution in [2.45, 2.75) is 25.6 Å². The molecule has 0 saturated carbocycles. The highest BCUT2D eigenvalue weighted by molar-refractivity contribution is 6.00. The highest BCUT2D eigenvalue weighted by Crippen LogP contribution is 2.33. The van der Waals surface area contributed by atoms with E-state index >= 15 is 0 Å². The predicted molar refractivity (Wildman–Crippen MR) is 76.9 cm³/mol. The average Bonchev–Trinajstić information content (AvgIpc) is 2.87. The van der Waals surface area contributed by atoms with E-state index in [2.05, 4.69) is 4.90 Å². The Bertz CT molecular complexity index is 524. The number of carbonyl (C=O) groups excluding carboxylic acids is 1. The fourth-order valence-corrected chi connectivity index (χ4v) is 2.99. The van der Waals surface area contributed by atoms with Gasteiger partial charge in [-0.25, -0.2) is 0 Å². The Hall–Kier alpha value is -1.59. The molecule has 20 heavy (non-hydrogen) atoms. The molecule has 1 aromatic rings. The number of carbonyl (C=O) groups is 1. The Morgan fingerprint density at radius 1 is 1.35 bits per heavy atom. The fourth-order valence-electron chi connectivity index (χ4n) is 2.99. The Balaban J connectivity index is 1.85. The summed E-state index contributed by atoms with van der Waals surface area (Å²) >= 11 is 0. The summed E-state index contributed by atoms with van der Waals surface area (Å²) in [6.45, 7) is 4.50. The number of rotatable bonds is 2. The summed E-state index contributed by atoms with van der Waals surface area (Å²) in [6.07, 6.45) is 1.94. The van der Waals surface area contributed by atoms with E-state index in [1.54, 1.807) is 6.07 Å². The van der Waals surface area contributed by atoms with Crippen LogP contribution in [0.2, 0.25) is 0 Å². The molecule has 0 unspecified atom stereocenters. The first-order valence-electron chi connectivity index (χ1n) is 7.03. The number of hydrogen-bond acceptors (Lipinski definition) is 5. The van der Waals surface area contributed by atoms with Gasteiger partial charge in [0.15, 0.2) is 11.6 Å². The van der Waals surface area contributed by atoms with E-state index in [9.17, 15) is 4.79 Å². The van der Waals surface area contributed by atoms with Crippen molar-refractivity contribution in [2.24, 2.45) is 0 Å². The van der Waals surface area contributed by atoms with E-state index in [0.717, 1.165) is 25.1 Å². The number of nitrogens with two attached hydrogens (primary N) is 1. The zero-order valence-corrected chi connectivity index (χ0v) is 11.7. The van der Waals surface area contributed by atoms with Crippen molar-refractivity contribution in [3.8, 4) is 0 Å². The van der Waals surface area contributed by atoms with E-state index in [1.807, 2.05) is 12.1 Å². The van der Waals surface area contributed by atoms with Crippen molar-refractivity contribution in [2.75, 3.05) is 36.9 Å². The molecular formula is C15H20N2O3. The summed E-state index contributed by atoms with van der Waals surface area (Å²) in [6, 6.07) is 5.62.